The lowest BCUT2D eigenvalue weighted by Gasteiger charge is -2.31. The summed E-state index contributed by atoms with van der Waals surface area (Å²) in [6.45, 7) is 3.38. The number of piperidine rings is 1. The van der Waals surface area contributed by atoms with Gasteiger partial charge < -0.3 is 10.2 Å². The summed E-state index contributed by atoms with van der Waals surface area (Å²) in [4.78, 5) is 26.3. The van der Waals surface area contributed by atoms with Gasteiger partial charge in [0, 0.05) is 18.8 Å². The maximum atomic E-state index is 12.4. The standard InChI is InChI=1S/C22H26N2O2/c1-2-17-8-10-20(11-9-17)23-21(25)22(26)24-14-12-19(13-15-24)16-18-6-4-3-5-7-18/h3-11,19H,2,12-16H2,1H3,(H,23,25). The fourth-order valence-corrected chi connectivity index (χ4v) is 3.44. The number of likely N-dealkylation sites (tertiary alicyclic amines) is 1. The van der Waals surface area contributed by atoms with E-state index < -0.39 is 11.8 Å². The van der Waals surface area contributed by atoms with E-state index in [1.165, 1.54) is 11.1 Å². The Balaban J connectivity index is 1.48. The number of carbonyl (C=O) groups excluding carboxylic acids is 2. The Kier molecular flexibility index (Phi) is 6.05. The van der Waals surface area contributed by atoms with Gasteiger partial charge in [-0.15, -0.1) is 0 Å². The third kappa shape index (κ3) is 4.72. The second-order valence-electron chi connectivity index (χ2n) is 6.93. The number of amides is 2. The van der Waals surface area contributed by atoms with Gasteiger partial charge in [0.25, 0.3) is 0 Å². The largest absolute Gasteiger partial charge is 0.334 e. The van der Waals surface area contributed by atoms with Crippen LogP contribution in [0.1, 0.15) is 30.9 Å². The molecule has 0 bridgehead atoms. The van der Waals surface area contributed by atoms with E-state index in [1.807, 2.05) is 30.3 Å². The molecule has 0 saturated carbocycles. The van der Waals surface area contributed by atoms with E-state index in [9.17, 15) is 9.59 Å². The number of hydrogen-bond acceptors (Lipinski definition) is 2. The van der Waals surface area contributed by atoms with Crippen molar-refractivity contribution >= 4 is 17.5 Å². The number of hydrogen-bond donors (Lipinski definition) is 1. The Morgan fingerprint density at radius 3 is 2.23 bits per heavy atom. The molecule has 136 valence electrons. The first-order chi connectivity index (χ1) is 12.7. The van der Waals surface area contributed by atoms with Gasteiger partial charge >= 0.3 is 11.8 Å². The minimum Gasteiger partial charge on any atom is -0.334 e. The minimum absolute atomic E-state index is 0.428. The van der Waals surface area contributed by atoms with Crippen LogP contribution in [0.25, 0.3) is 0 Å². The molecule has 0 aromatic heterocycles. The second kappa shape index (κ2) is 8.65. The molecule has 1 heterocycles. The molecule has 2 amide bonds. The molecule has 1 N–H and O–H groups in total. The zero-order valence-corrected chi connectivity index (χ0v) is 15.3. The molecule has 0 aliphatic carbocycles. The van der Waals surface area contributed by atoms with Gasteiger partial charge in [0.15, 0.2) is 0 Å². The summed E-state index contributed by atoms with van der Waals surface area (Å²) in [6.07, 6.45) is 3.88. The molecule has 2 aromatic rings. The van der Waals surface area contributed by atoms with Crippen LogP contribution in [0.2, 0.25) is 0 Å². The molecule has 0 radical (unpaired) electrons. The normalized spacial score (nSPS) is 14.9. The molecule has 3 rings (SSSR count). The molecule has 1 fully saturated rings. The van der Waals surface area contributed by atoms with E-state index in [0.717, 1.165) is 25.7 Å². The van der Waals surface area contributed by atoms with E-state index in [1.54, 1.807) is 4.90 Å². The number of benzene rings is 2. The number of nitrogens with one attached hydrogen (secondary N) is 1. The smallest absolute Gasteiger partial charge is 0.313 e. The maximum absolute atomic E-state index is 12.4. The molecular formula is C22H26N2O2. The van der Waals surface area contributed by atoms with Gasteiger partial charge in [-0.2, -0.15) is 0 Å². The molecule has 0 unspecified atom stereocenters. The molecule has 0 atom stereocenters. The van der Waals surface area contributed by atoms with Crippen molar-refractivity contribution < 1.29 is 9.59 Å². The van der Waals surface area contributed by atoms with Crippen LogP contribution in [0, 0.1) is 5.92 Å². The van der Waals surface area contributed by atoms with Crippen molar-refractivity contribution in [3.63, 3.8) is 0 Å². The molecular weight excluding hydrogens is 324 g/mol. The summed E-state index contributed by atoms with van der Waals surface area (Å²) in [5, 5.41) is 2.71. The van der Waals surface area contributed by atoms with E-state index in [2.05, 4.69) is 36.5 Å². The molecule has 2 aromatic carbocycles. The highest BCUT2D eigenvalue weighted by Gasteiger charge is 2.27. The van der Waals surface area contributed by atoms with E-state index in [-0.39, 0.29) is 0 Å². The van der Waals surface area contributed by atoms with Crippen LogP contribution in [0.4, 0.5) is 5.69 Å². The molecule has 1 aliphatic heterocycles. The highest BCUT2D eigenvalue weighted by Crippen LogP contribution is 2.22. The fraction of sp³-hybridized carbons (Fsp3) is 0.364. The van der Waals surface area contributed by atoms with Gasteiger partial charge in [0.2, 0.25) is 0 Å². The predicted molar refractivity (Wildman–Crippen MR) is 104 cm³/mol. The monoisotopic (exact) mass is 350 g/mol. The summed E-state index contributed by atoms with van der Waals surface area (Å²) in [5.74, 6) is -0.399. The zero-order chi connectivity index (χ0) is 18.4. The Morgan fingerprint density at radius 1 is 0.962 bits per heavy atom. The number of aryl methyl sites for hydroxylation is 1. The van der Waals surface area contributed by atoms with Crippen LogP contribution in [0.3, 0.4) is 0 Å². The topological polar surface area (TPSA) is 49.4 Å². The van der Waals surface area contributed by atoms with Crippen LogP contribution in [0.15, 0.2) is 54.6 Å². The summed E-state index contributed by atoms with van der Waals surface area (Å²) in [5.41, 5.74) is 3.21. The minimum atomic E-state index is -0.546. The third-order valence-corrected chi connectivity index (χ3v) is 5.08. The Morgan fingerprint density at radius 2 is 1.62 bits per heavy atom. The molecule has 4 nitrogen and oxygen atoms in total. The second-order valence-corrected chi connectivity index (χ2v) is 6.93. The lowest BCUT2D eigenvalue weighted by Crippen LogP contribution is -2.44. The molecule has 26 heavy (non-hydrogen) atoms. The zero-order valence-electron chi connectivity index (χ0n) is 15.3. The molecule has 4 heteroatoms. The van der Waals surface area contributed by atoms with Crippen LogP contribution >= 0.6 is 0 Å². The predicted octanol–water partition coefficient (Wildman–Crippen LogP) is 3.67. The maximum Gasteiger partial charge on any atom is 0.313 e. The van der Waals surface area contributed by atoms with Crippen molar-refractivity contribution in [3.05, 3.63) is 65.7 Å². The summed E-state index contributed by atoms with van der Waals surface area (Å²) < 4.78 is 0. The van der Waals surface area contributed by atoms with Crippen molar-refractivity contribution in [3.8, 4) is 0 Å². The lowest BCUT2D eigenvalue weighted by molar-refractivity contribution is -0.144. The average Bonchev–Trinajstić information content (AvgIpc) is 2.69. The molecule has 1 saturated heterocycles. The third-order valence-electron chi connectivity index (χ3n) is 5.08. The summed E-state index contributed by atoms with van der Waals surface area (Å²) in [7, 11) is 0. The van der Waals surface area contributed by atoms with Gasteiger partial charge in [-0.25, -0.2) is 0 Å². The number of carbonyl (C=O) groups is 2. The highest BCUT2D eigenvalue weighted by molar-refractivity contribution is 6.39. The van der Waals surface area contributed by atoms with Gasteiger partial charge in [-0.05, 0) is 54.9 Å². The van der Waals surface area contributed by atoms with Crippen LogP contribution in [-0.2, 0) is 22.4 Å². The first-order valence-corrected chi connectivity index (χ1v) is 9.39. The van der Waals surface area contributed by atoms with Gasteiger partial charge in [-0.1, -0.05) is 49.4 Å². The van der Waals surface area contributed by atoms with Crippen molar-refractivity contribution in [2.75, 3.05) is 18.4 Å². The fourth-order valence-electron chi connectivity index (χ4n) is 3.44. The van der Waals surface area contributed by atoms with Gasteiger partial charge in [-0.3, -0.25) is 9.59 Å². The molecule has 1 aliphatic rings. The Labute approximate surface area is 155 Å². The van der Waals surface area contributed by atoms with Gasteiger partial charge in [0.05, 0.1) is 0 Å². The highest BCUT2D eigenvalue weighted by atomic mass is 16.2. The van der Waals surface area contributed by atoms with Gasteiger partial charge in [0.1, 0.15) is 0 Å². The van der Waals surface area contributed by atoms with Crippen LogP contribution in [0.5, 0.6) is 0 Å². The average molecular weight is 350 g/mol. The Bertz CT molecular complexity index is 732. The van der Waals surface area contributed by atoms with Crippen LogP contribution < -0.4 is 5.32 Å². The number of nitrogens with zero attached hydrogens (tertiary/aromatic N) is 1. The van der Waals surface area contributed by atoms with Crippen molar-refractivity contribution in [2.45, 2.75) is 32.6 Å². The quantitative estimate of drug-likeness (QED) is 0.856. The lowest BCUT2D eigenvalue weighted by atomic mass is 9.90. The van der Waals surface area contributed by atoms with E-state index in [0.29, 0.717) is 24.7 Å². The first kappa shape index (κ1) is 18.2. The summed E-state index contributed by atoms with van der Waals surface area (Å²) in [6, 6.07) is 18.1. The summed E-state index contributed by atoms with van der Waals surface area (Å²) >= 11 is 0. The van der Waals surface area contributed by atoms with Crippen LogP contribution in [-0.4, -0.2) is 29.8 Å². The van der Waals surface area contributed by atoms with E-state index >= 15 is 0 Å². The molecule has 0 spiro atoms. The Hall–Kier alpha value is -2.62. The number of anilines is 1. The number of rotatable bonds is 4. The van der Waals surface area contributed by atoms with E-state index in [4.69, 9.17) is 0 Å². The van der Waals surface area contributed by atoms with Crippen molar-refractivity contribution in [1.29, 1.82) is 0 Å². The SMILES string of the molecule is CCc1ccc(NC(=O)C(=O)N2CCC(Cc3ccccc3)CC2)cc1. The van der Waals surface area contributed by atoms with Crippen molar-refractivity contribution in [1.82, 2.24) is 4.90 Å². The van der Waals surface area contributed by atoms with Crippen molar-refractivity contribution in [2.24, 2.45) is 5.92 Å². The first-order valence-electron chi connectivity index (χ1n) is 9.39.